The number of aromatic nitrogens is 2. The van der Waals surface area contributed by atoms with Gasteiger partial charge in [-0.2, -0.15) is 0 Å². The lowest BCUT2D eigenvalue weighted by molar-refractivity contribution is 0.0921. The molecule has 176 valence electrons. The summed E-state index contributed by atoms with van der Waals surface area (Å²) >= 11 is 6.05. The summed E-state index contributed by atoms with van der Waals surface area (Å²) in [5.74, 6) is 1.97. The Balaban J connectivity index is 1.43. The molecule has 4 rings (SSSR count). The highest BCUT2D eigenvalue weighted by Gasteiger charge is 2.13. The summed E-state index contributed by atoms with van der Waals surface area (Å²) in [6.45, 7) is 5.40. The zero-order valence-corrected chi connectivity index (χ0v) is 20.0. The Labute approximate surface area is 203 Å². The third kappa shape index (κ3) is 5.76. The van der Waals surface area contributed by atoms with Crippen molar-refractivity contribution in [3.63, 3.8) is 0 Å². The van der Waals surface area contributed by atoms with Gasteiger partial charge in [0.15, 0.2) is 11.5 Å². The topological polar surface area (TPSA) is 62.6 Å². The summed E-state index contributed by atoms with van der Waals surface area (Å²) in [5.41, 5.74) is 1.37. The second kappa shape index (κ2) is 11.2. The molecule has 6 nitrogen and oxygen atoms in total. The number of halogens is 1. The maximum atomic E-state index is 13.2. The van der Waals surface area contributed by atoms with Crippen LogP contribution in [0, 0.1) is 0 Å². The Morgan fingerprint density at radius 1 is 0.882 bits per heavy atom. The number of hydrogen-bond acceptors (Lipinski definition) is 5. The van der Waals surface area contributed by atoms with Crippen molar-refractivity contribution in [1.29, 1.82) is 0 Å². The van der Waals surface area contributed by atoms with Gasteiger partial charge in [0.05, 0.1) is 36.8 Å². The first kappa shape index (κ1) is 23.8. The molecule has 4 aromatic rings. The Hall–Kier alpha value is -3.35. The second-order valence-corrected chi connectivity index (χ2v) is 8.43. The number of benzene rings is 3. The van der Waals surface area contributed by atoms with E-state index in [0.29, 0.717) is 59.6 Å². The van der Waals surface area contributed by atoms with E-state index < -0.39 is 0 Å². The third-order valence-corrected chi connectivity index (χ3v) is 5.37. The van der Waals surface area contributed by atoms with Gasteiger partial charge in [0.1, 0.15) is 12.4 Å². The Bertz CT molecular complexity index is 1300. The number of ether oxygens (including phenoxy) is 3. The highest BCUT2D eigenvalue weighted by molar-refractivity contribution is 6.30. The zero-order valence-electron chi connectivity index (χ0n) is 19.2. The van der Waals surface area contributed by atoms with Crippen molar-refractivity contribution < 1.29 is 14.2 Å². The average Bonchev–Trinajstić information content (AvgIpc) is 2.83. The van der Waals surface area contributed by atoms with E-state index >= 15 is 0 Å². The molecule has 7 heteroatoms. The van der Waals surface area contributed by atoms with Crippen LogP contribution in [-0.2, 0) is 11.3 Å². The summed E-state index contributed by atoms with van der Waals surface area (Å²) in [5, 5.41) is 1.20. The monoisotopic (exact) mass is 478 g/mol. The van der Waals surface area contributed by atoms with Crippen molar-refractivity contribution in [3.05, 3.63) is 88.2 Å². The molecule has 1 heterocycles. The smallest absolute Gasteiger partial charge is 0.261 e. The van der Waals surface area contributed by atoms with Crippen LogP contribution in [0.2, 0.25) is 5.02 Å². The lowest BCUT2D eigenvalue weighted by Crippen LogP contribution is -2.26. The van der Waals surface area contributed by atoms with E-state index in [4.69, 9.17) is 30.8 Å². The molecule has 0 fully saturated rings. The Morgan fingerprint density at radius 2 is 1.59 bits per heavy atom. The minimum absolute atomic E-state index is 0.0599. The number of nitrogens with zero attached hydrogens (tertiary/aromatic N) is 2. The zero-order chi connectivity index (χ0) is 23.9. The molecule has 0 radical (unpaired) electrons. The van der Waals surface area contributed by atoms with Crippen molar-refractivity contribution >= 4 is 22.5 Å². The van der Waals surface area contributed by atoms with Crippen LogP contribution in [0.4, 0.5) is 0 Å². The van der Waals surface area contributed by atoms with Crippen molar-refractivity contribution in [2.24, 2.45) is 0 Å². The van der Waals surface area contributed by atoms with Crippen LogP contribution in [-0.4, -0.2) is 35.5 Å². The minimum atomic E-state index is -0.102. The van der Waals surface area contributed by atoms with Gasteiger partial charge in [0.2, 0.25) is 0 Å². The molecule has 0 amide bonds. The standard InChI is InChI=1S/C27H27ClN2O4/c1-19(2)34-25-10-6-5-9-24(25)33-18-17-32-16-15-30-26(20-11-13-21(28)14-12-20)29-23-8-4-3-7-22(23)27(30)31/h3-14,19H,15-18H2,1-2H3. The SMILES string of the molecule is CC(C)Oc1ccccc1OCCOCCn1c(-c2ccc(Cl)cc2)nc2ccccc2c1=O. The van der Waals surface area contributed by atoms with E-state index in [1.54, 1.807) is 22.8 Å². The molecule has 0 atom stereocenters. The van der Waals surface area contributed by atoms with Crippen LogP contribution in [0.5, 0.6) is 11.5 Å². The van der Waals surface area contributed by atoms with E-state index in [-0.39, 0.29) is 11.7 Å². The fraction of sp³-hybridized carbons (Fsp3) is 0.259. The summed E-state index contributed by atoms with van der Waals surface area (Å²) < 4.78 is 19.0. The highest BCUT2D eigenvalue weighted by Crippen LogP contribution is 2.27. The normalized spacial score (nSPS) is 11.2. The molecule has 0 saturated carbocycles. The van der Waals surface area contributed by atoms with Crippen molar-refractivity contribution in [2.75, 3.05) is 19.8 Å². The van der Waals surface area contributed by atoms with E-state index in [2.05, 4.69) is 0 Å². The van der Waals surface area contributed by atoms with Gasteiger partial charge in [-0.3, -0.25) is 9.36 Å². The predicted octanol–water partition coefficient (Wildman–Crippen LogP) is 5.60. The molecule has 0 bridgehead atoms. The van der Waals surface area contributed by atoms with Crippen LogP contribution >= 0.6 is 11.6 Å². The van der Waals surface area contributed by atoms with Gasteiger partial charge in [-0.1, -0.05) is 35.9 Å². The number of hydrogen-bond donors (Lipinski definition) is 0. The van der Waals surface area contributed by atoms with Crippen molar-refractivity contribution in [2.45, 2.75) is 26.5 Å². The van der Waals surface area contributed by atoms with Gasteiger partial charge in [0, 0.05) is 10.6 Å². The van der Waals surface area contributed by atoms with Crippen LogP contribution in [0.3, 0.4) is 0 Å². The van der Waals surface area contributed by atoms with Gasteiger partial charge in [-0.15, -0.1) is 0 Å². The lowest BCUT2D eigenvalue weighted by atomic mass is 10.2. The third-order valence-electron chi connectivity index (χ3n) is 5.12. The van der Waals surface area contributed by atoms with Crippen LogP contribution in [0.15, 0.2) is 77.6 Å². The maximum absolute atomic E-state index is 13.2. The molecule has 0 N–H and O–H groups in total. The Kier molecular flexibility index (Phi) is 7.83. The van der Waals surface area contributed by atoms with E-state index in [1.165, 1.54) is 0 Å². The quantitative estimate of drug-likeness (QED) is 0.278. The fourth-order valence-electron chi connectivity index (χ4n) is 3.58. The van der Waals surface area contributed by atoms with E-state index in [1.807, 2.05) is 68.4 Å². The summed E-state index contributed by atoms with van der Waals surface area (Å²) in [6.07, 6.45) is 0.0599. The lowest BCUT2D eigenvalue weighted by Gasteiger charge is -2.15. The number of fused-ring (bicyclic) bond motifs is 1. The molecule has 0 saturated heterocycles. The van der Waals surface area contributed by atoms with Gasteiger partial charge >= 0.3 is 0 Å². The molecule has 34 heavy (non-hydrogen) atoms. The van der Waals surface area contributed by atoms with Gasteiger partial charge in [-0.25, -0.2) is 4.98 Å². The summed E-state index contributed by atoms with van der Waals surface area (Å²) in [7, 11) is 0. The molecule has 0 aliphatic heterocycles. The molecule has 0 aliphatic carbocycles. The number of rotatable bonds is 10. The first-order valence-electron chi connectivity index (χ1n) is 11.2. The first-order valence-corrected chi connectivity index (χ1v) is 11.6. The van der Waals surface area contributed by atoms with E-state index in [0.717, 1.165) is 5.56 Å². The molecule has 0 unspecified atom stereocenters. The largest absolute Gasteiger partial charge is 0.487 e. The number of para-hydroxylation sites is 3. The minimum Gasteiger partial charge on any atom is -0.487 e. The van der Waals surface area contributed by atoms with Gasteiger partial charge in [-0.05, 0) is 62.4 Å². The van der Waals surface area contributed by atoms with Crippen molar-refractivity contribution in [1.82, 2.24) is 9.55 Å². The van der Waals surface area contributed by atoms with Crippen LogP contribution < -0.4 is 15.0 Å². The average molecular weight is 479 g/mol. The first-order chi connectivity index (χ1) is 16.5. The molecule has 0 spiro atoms. The second-order valence-electron chi connectivity index (χ2n) is 7.99. The maximum Gasteiger partial charge on any atom is 0.261 e. The molecule has 0 aliphatic rings. The van der Waals surface area contributed by atoms with Gasteiger partial charge < -0.3 is 14.2 Å². The highest BCUT2D eigenvalue weighted by atomic mass is 35.5. The molecular formula is C27H27ClN2O4. The van der Waals surface area contributed by atoms with E-state index in [9.17, 15) is 4.79 Å². The summed E-state index contributed by atoms with van der Waals surface area (Å²) in [6, 6.07) is 22.2. The van der Waals surface area contributed by atoms with Crippen LogP contribution in [0.1, 0.15) is 13.8 Å². The predicted molar refractivity (Wildman–Crippen MR) is 135 cm³/mol. The Morgan fingerprint density at radius 3 is 2.35 bits per heavy atom. The van der Waals surface area contributed by atoms with Crippen molar-refractivity contribution in [3.8, 4) is 22.9 Å². The van der Waals surface area contributed by atoms with Crippen LogP contribution in [0.25, 0.3) is 22.3 Å². The summed E-state index contributed by atoms with van der Waals surface area (Å²) in [4.78, 5) is 18.0. The molecule has 3 aromatic carbocycles. The molecule has 1 aromatic heterocycles. The fourth-order valence-corrected chi connectivity index (χ4v) is 3.71. The van der Waals surface area contributed by atoms with Gasteiger partial charge in [0.25, 0.3) is 5.56 Å². The molecular weight excluding hydrogens is 452 g/mol.